The average Bonchev–Trinajstić information content (AvgIpc) is 3.03. The number of nitrogens with one attached hydrogen (secondary N) is 1. The van der Waals surface area contributed by atoms with Crippen molar-refractivity contribution in [2.45, 2.75) is 25.4 Å². The van der Waals surface area contributed by atoms with Crippen LogP contribution in [-0.4, -0.2) is 31.1 Å². The lowest BCUT2D eigenvalue weighted by molar-refractivity contribution is -0.120. The zero-order valence-corrected chi connectivity index (χ0v) is 18.7. The second-order valence-corrected chi connectivity index (χ2v) is 8.15. The topological polar surface area (TPSA) is 52.7 Å². The Morgan fingerprint density at radius 1 is 0.970 bits per heavy atom. The molecular formula is C28H29N3O2. The molecule has 5 heteroatoms. The second-order valence-electron chi connectivity index (χ2n) is 8.15. The van der Waals surface area contributed by atoms with E-state index < -0.39 is 6.17 Å². The maximum atomic E-state index is 13.6. The zero-order valence-electron chi connectivity index (χ0n) is 18.7. The monoisotopic (exact) mass is 439 g/mol. The van der Waals surface area contributed by atoms with Crippen molar-refractivity contribution in [1.82, 2.24) is 5.32 Å². The number of amides is 2. The smallest absolute Gasteiger partial charge is 0.259 e. The molecule has 2 amide bonds. The molecule has 0 fully saturated rings. The van der Waals surface area contributed by atoms with Crippen molar-refractivity contribution in [1.29, 1.82) is 0 Å². The minimum Gasteiger partial charge on any atom is -0.359 e. The van der Waals surface area contributed by atoms with E-state index in [-0.39, 0.29) is 18.4 Å². The van der Waals surface area contributed by atoms with Crippen LogP contribution in [0.4, 0.5) is 11.4 Å². The molecule has 1 N–H and O–H groups in total. The highest BCUT2D eigenvalue weighted by Gasteiger charge is 2.31. The van der Waals surface area contributed by atoms with Gasteiger partial charge in [-0.15, -0.1) is 6.58 Å². The number of nitrogens with zero attached hydrogens (tertiary/aromatic N) is 2. The van der Waals surface area contributed by atoms with Crippen LogP contribution in [0.2, 0.25) is 0 Å². The van der Waals surface area contributed by atoms with E-state index in [1.807, 2.05) is 83.8 Å². The minimum absolute atomic E-state index is 0.110. The first-order chi connectivity index (χ1) is 16.2. The molecule has 3 aromatic carbocycles. The van der Waals surface area contributed by atoms with E-state index in [9.17, 15) is 9.59 Å². The fourth-order valence-corrected chi connectivity index (χ4v) is 4.31. The van der Waals surface area contributed by atoms with Gasteiger partial charge in [-0.2, -0.15) is 0 Å². The Balaban J connectivity index is 1.59. The standard InChI is InChI=1S/C28H29N3O2/c1-2-20-30(24-16-7-4-8-17-24)21-27(32)29-26-19-11-15-22-12-9-10-18-25(22)31(26)28(33)23-13-5-3-6-14-23/h2-10,12-14,16-18,26H,1,11,15,19-21H2,(H,29,32). The predicted molar refractivity (Wildman–Crippen MR) is 133 cm³/mol. The largest absolute Gasteiger partial charge is 0.359 e. The van der Waals surface area contributed by atoms with E-state index >= 15 is 0 Å². The van der Waals surface area contributed by atoms with Crippen molar-refractivity contribution >= 4 is 23.2 Å². The molecule has 0 saturated carbocycles. The van der Waals surface area contributed by atoms with Gasteiger partial charge in [0.2, 0.25) is 5.91 Å². The summed E-state index contributed by atoms with van der Waals surface area (Å²) >= 11 is 0. The van der Waals surface area contributed by atoms with Crippen molar-refractivity contribution < 1.29 is 9.59 Å². The van der Waals surface area contributed by atoms with Gasteiger partial charge in [-0.3, -0.25) is 14.5 Å². The molecule has 0 aromatic heterocycles. The summed E-state index contributed by atoms with van der Waals surface area (Å²) in [4.78, 5) is 30.5. The molecule has 1 aliphatic heterocycles. The molecule has 1 heterocycles. The number of carbonyl (C=O) groups is 2. The third kappa shape index (κ3) is 5.32. The SMILES string of the molecule is C=CCN(CC(=O)NC1CCCc2ccccc2N1C(=O)c1ccccc1)c1ccccc1. The molecule has 3 aromatic rings. The summed E-state index contributed by atoms with van der Waals surface area (Å²) < 4.78 is 0. The van der Waals surface area contributed by atoms with Gasteiger partial charge in [0.1, 0.15) is 6.17 Å². The van der Waals surface area contributed by atoms with Crippen LogP contribution in [0, 0.1) is 0 Å². The van der Waals surface area contributed by atoms with Gasteiger partial charge in [-0.1, -0.05) is 60.7 Å². The van der Waals surface area contributed by atoms with Crippen molar-refractivity contribution in [2.24, 2.45) is 0 Å². The lowest BCUT2D eigenvalue weighted by Crippen LogP contribution is -2.53. The fourth-order valence-electron chi connectivity index (χ4n) is 4.31. The van der Waals surface area contributed by atoms with Crippen molar-refractivity contribution in [3.8, 4) is 0 Å². The predicted octanol–water partition coefficient (Wildman–Crippen LogP) is 4.80. The summed E-state index contributed by atoms with van der Waals surface area (Å²) in [5.41, 5.74) is 3.54. The Morgan fingerprint density at radius 2 is 1.64 bits per heavy atom. The number of para-hydroxylation sites is 2. The lowest BCUT2D eigenvalue weighted by atomic mass is 10.1. The maximum Gasteiger partial charge on any atom is 0.259 e. The quantitative estimate of drug-likeness (QED) is 0.538. The van der Waals surface area contributed by atoms with Gasteiger partial charge in [-0.25, -0.2) is 0 Å². The lowest BCUT2D eigenvalue weighted by Gasteiger charge is -2.33. The number of hydrogen-bond acceptors (Lipinski definition) is 3. The highest BCUT2D eigenvalue weighted by molar-refractivity contribution is 6.07. The Kier molecular flexibility index (Phi) is 7.20. The van der Waals surface area contributed by atoms with Crippen LogP contribution in [0.1, 0.15) is 28.8 Å². The van der Waals surface area contributed by atoms with E-state index in [2.05, 4.69) is 18.0 Å². The van der Waals surface area contributed by atoms with Crippen molar-refractivity contribution in [2.75, 3.05) is 22.9 Å². The molecule has 33 heavy (non-hydrogen) atoms. The average molecular weight is 440 g/mol. The molecule has 1 aliphatic rings. The molecular weight excluding hydrogens is 410 g/mol. The van der Waals surface area contributed by atoms with E-state index in [4.69, 9.17) is 0 Å². The highest BCUT2D eigenvalue weighted by atomic mass is 16.2. The number of fused-ring (bicyclic) bond motifs is 1. The van der Waals surface area contributed by atoms with E-state index in [1.165, 1.54) is 0 Å². The summed E-state index contributed by atoms with van der Waals surface area (Å²) in [5, 5.41) is 3.15. The Morgan fingerprint density at radius 3 is 2.36 bits per heavy atom. The molecule has 0 bridgehead atoms. The Hall–Kier alpha value is -3.86. The molecule has 0 saturated heterocycles. The molecule has 1 atom stereocenters. The number of anilines is 2. The molecule has 5 nitrogen and oxygen atoms in total. The van der Waals surface area contributed by atoms with Gasteiger partial charge < -0.3 is 10.2 Å². The van der Waals surface area contributed by atoms with E-state index in [0.717, 1.165) is 29.8 Å². The van der Waals surface area contributed by atoms with Gasteiger partial charge in [0.15, 0.2) is 0 Å². The summed E-state index contributed by atoms with van der Waals surface area (Å²) in [6, 6.07) is 27.0. The third-order valence-electron chi connectivity index (χ3n) is 5.86. The van der Waals surface area contributed by atoms with E-state index in [1.54, 1.807) is 11.0 Å². The van der Waals surface area contributed by atoms with Gasteiger partial charge in [0.25, 0.3) is 5.91 Å². The molecule has 0 spiro atoms. The normalized spacial score (nSPS) is 15.2. The van der Waals surface area contributed by atoms with Crippen molar-refractivity contribution in [3.05, 3.63) is 109 Å². The van der Waals surface area contributed by atoms with Crippen LogP contribution in [0.3, 0.4) is 0 Å². The highest BCUT2D eigenvalue weighted by Crippen LogP contribution is 2.30. The number of rotatable bonds is 7. The maximum absolute atomic E-state index is 13.6. The summed E-state index contributed by atoms with van der Waals surface area (Å²) in [6.07, 6.45) is 3.80. The van der Waals surface area contributed by atoms with Crippen LogP contribution < -0.4 is 15.1 Å². The third-order valence-corrected chi connectivity index (χ3v) is 5.86. The molecule has 1 unspecified atom stereocenters. The first-order valence-corrected chi connectivity index (χ1v) is 11.3. The van der Waals surface area contributed by atoms with Crippen molar-refractivity contribution in [3.63, 3.8) is 0 Å². The van der Waals surface area contributed by atoms with Crippen LogP contribution in [-0.2, 0) is 11.2 Å². The first-order valence-electron chi connectivity index (χ1n) is 11.3. The summed E-state index contributed by atoms with van der Waals surface area (Å²) in [7, 11) is 0. The fraction of sp³-hybridized carbons (Fsp3) is 0.214. The van der Waals surface area contributed by atoms with Crippen LogP contribution in [0.5, 0.6) is 0 Å². The summed E-state index contributed by atoms with van der Waals surface area (Å²) in [5.74, 6) is -0.239. The zero-order chi connectivity index (χ0) is 23.0. The first kappa shape index (κ1) is 22.3. The summed E-state index contributed by atoms with van der Waals surface area (Å²) in [6.45, 7) is 4.56. The van der Waals surface area contributed by atoms with Gasteiger partial charge in [-0.05, 0) is 55.2 Å². The van der Waals surface area contributed by atoms with Crippen LogP contribution in [0.25, 0.3) is 0 Å². The second kappa shape index (κ2) is 10.6. The van der Waals surface area contributed by atoms with Crippen LogP contribution >= 0.6 is 0 Å². The molecule has 0 aliphatic carbocycles. The van der Waals surface area contributed by atoms with Gasteiger partial charge >= 0.3 is 0 Å². The number of benzene rings is 3. The van der Waals surface area contributed by atoms with Gasteiger partial charge in [0.05, 0.1) is 6.54 Å². The molecule has 4 rings (SSSR count). The molecule has 0 radical (unpaired) electrons. The Labute approximate surface area is 195 Å². The Bertz CT molecular complexity index is 1100. The number of carbonyl (C=O) groups excluding carboxylic acids is 2. The number of aryl methyl sites for hydroxylation is 1. The van der Waals surface area contributed by atoms with E-state index in [0.29, 0.717) is 18.5 Å². The minimum atomic E-state index is -0.421. The molecule has 168 valence electrons. The number of hydrogen-bond donors (Lipinski definition) is 1. The van der Waals surface area contributed by atoms with Crippen LogP contribution in [0.15, 0.2) is 97.6 Å². The van der Waals surface area contributed by atoms with Gasteiger partial charge in [0, 0.05) is 23.5 Å².